The highest BCUT2D eigenvalue weighted by molar-refractivity contribution is 6.30. The van der Waals surface area contributed by atoms with Gasteiger partial charge in [0.2, 0.25) is 0 Å². The minimum atomic E-state index is -0.200. The van der Waals surface area contributed by atoms with Crippen LogP contribution >= 0.6 is 11.6 Å². The number of carbonyl (C=O) groups is 1. The predicted molar refractivity (Wildman–Crippen MR) is 107 cm³/mol. The quantitative estimate of drug-likeness (QED) is 0.703. The number of rotatable bonds is 6. The summed E-state index contributed by atoms with van der Waals surface area (Å²) in [5, 5.41) is 1.42. The van der Waals surface area contributed by atoms with Crippen molar-refractivity contribution in [1.29, 1.82) is 0 Å². The van der Waals surface area contributed by atoms with Gasteiger partial charge in [-0.1, -0.05) is 29.8 Å². The molecule has 0 bridgehead atoms. The number of carbonyl (C=O) groups excluding carboxylic acids is 1. The van der Waals surface area contributed by atoms with Crippen molar-refractivity contribution in [3.63, 3.8) is 0 Å². The first-order chi connectivity index (χ1) is 13.0. The molecule has 0 aliphatic rings. The lowest BCUT2D eigenvalue weighted by Crippen LogP contribution is -2.35. The molecule has 5 nitrogen and oxygen atoms in total. The normalized spacial score (nSPS) is 10.9. The molecule has 140 valence electrons. The zero-order valence-electron chi connectivity index (χ0n) is 15.3. The van der Waals surface area contributed by atoms with E-state index in [1.165, 1.54) is 0 Å². The van der Waals surface area contributed by atoms with Crippen LogP contribution in [0.2, 0.25) is 5.02 Å². The number of H-pyrrole nitrogens is 1. The van der Waals surface area contributed by atoms with Gasteiger partial charge in [0.25, 0.3) is 11.5 Å². The molecule has 0 saturated carbocycles. The molecule has 0 atom stereocenters. The van der Waals surface area contributed by atoms with Crippen LogP contribution in [0.4, 0.5) is 0 Å². The molecule has 0 saturated heterocycles. The number of hydrogen-bond donors (Lipinski definition) is 1. The van der Waals surface area contributed by atoms with E-state index in [4.69, 9.17) is 16.3 Å². The molecule has 27 heavy (non-hydrogen) atoms. The van der Waals surface area contributed by atoms with Crippen LogP contribution in [0.15, 0.2) is 53.3 Å². The number of aromatic amines is 1. The number of hydrogen-bond acceptors (Lipinski definition) is 3. The Morgan fingerprint density at radius 2 is 2.00 bits per heavy atom. The Morgan fingerprint density at radius 1 is 1.19 bits per heavy atom. The maximum atomic E-state index is 12.9. The van der Waals surface area contributed by atoms with Crippen LogP contribution in [0.3, 0.4) is 0 Å². The van der Waals surface area contributed by atoms with Gasteiger partial charge in [-0.2, -0.15) is 0 Å². The summed E-state index contributed by atoms with van der Waals surface area (Å²) in [7, 11) is 1.58. The van der Waals surface area contributed by atoms with Crippen LogP contribution in [0.25, 0.3) is 10.9 Å². The minimum Gasteiger partial charge on any atom is -0.383 e. The second-order valence-corrected chi connectivity index (χ2v) is 6.88. The zero-order valence-corrected chi connectivity index (χ0v) is 16.0. The Kier molecular flexibility index (Phi) is 5.94. The standard InChI is InChI=1S/C21H21ClN2O3/c1-14-6-7-15-11-17(20(25)23-19(15)10-14)13-24(8-9-27-2)21(26)16-4-3-5-18(22)12-16/h3-7,10-12H,8-9,13H2,1-2H3,(H,23,25). The summed E-state index contributed by atoms with van der Waals surface area (Å²) >= 11 is 6.01. The highest BCUT2D eigenvalue weighted by Crippen LogP contribution is 2.16. The van der Waals surface area contributed by atoms with Crippen LogP contribution in [-0.2, 0) is 11.3 Å². The van der Waals surface area contributed by atoms with Crippen molar-refractivity contribution in [1.82, 2.24) is 9.88 Å². The topological polar surface area (TPSA) is 62.4 Å². The van der Waals surface area contributed by atoms with E-state index in [0.717, 1.165) is 16.5 Å². The summed E-state index contributed by atoms with van der Waals surface area (Å²) < 4.78 is 5.13. The Bertz CT molecular complexity index is 1030. The van der Waals surface area contributed by atoms with Crippen molar-refractivity contribution in [2.75, 3.05) is 20.3 Å². The summed E-state index contributed by atoms with van der Waals surface area (Å²) in [6, 6.07) is 14.5. The summed E-state index contributed by atoms with van der Waals surface area (Å²) in [5.74, 6) is -0.196. The van der Waals surface area contributed by atoms with Crippen LogP contribution < -0.4 is 5.56 Å². The molecule has 1 heterocycles. The monoisotopic (exact) mass is 384 g/mol. The second kappa shape index (κ2) is 8.37. The molecule has 1 aromatic heterocycles. The molecule has 0 radical (unpaired) electrons. The molecule has 6 heteroatoms. The Labute approximate surface area is 162 Å². The first kappa shape index (κ1) is 19.1. The number of aromatic nitrogens is 1. The first-order valence-electron chi connectivity index (χ1n) is 8.64. The van der Waals surface area contributed by atoms with Crippen LogP contribution in [0.5, 0.6) is 0 Å². The number of halogens is 1. The van der Waals surface area contributed by atoms with E-state index in [1.807, 2.05) is 31.2 Å². The number of pyridine rings is 1. The summed E-state index contributed by atoms with van der Waals surface area (Å²) in [4.78, 5) is 29.9. The first-order valence-corrected chi connectivity index (χ1v) is 9.02. The van der Waals surface area contributed by atoms with E-state index in [0.29, 0.717) is 29.3 Å². The maximum absolute atomic E-state index is 12.9. The molecule has 3 rings (SSSR count). The van der Waals surface area contributed by atoms with Crippen LogP contribution in [0, 0.1) is 6.92 Å². The molecular formula is C21H21ClN2O3. The van der Waals surface area contributed by atoms with Gasteiger partial charge in [-0.3, -0.25) is 9.59 Å². The summed E-state index contributed by atoms with van der Waals surface area (Å²) in [5.41, 5.74) is 2.66. The van der Waals surface area contributed by atoms with E-state index in [1.54, 1.807) is 36.3 Å². The average Bonchev–Trinajstić information content (AvgIpc) is 2.65. The van der Waals surface area contributed by atoms with Crippen LogP contribution in [0.1, 0.15) is 21.5 Å². The lowest BCUT2D eigenvalue weighted by Gasteiger charge is -2.22. The number of benzene rings is 2. The van der Waals surface area contributed by atoms with E-state index < -0.39 is 0 Å². The van der Waals surface area contributed by atoms with Gasteiger partial charge < -0.3 is 14.6 Å². The lowest BCUT2D eigenvalue weighted by atomic mass is 10.1. The van der Waals surface area contributed by atoms with Gasteiger partial charge in [0.1, 0.15) is 0 Å². The third-order valence-electron chi connectivity index (χ3n) is 4.36. The molecule has 0 spiro atoms. The largest absolute Gasteiger partial charge is 0.383 e. The number of amides is 1. The SMILES string of the molecule is COCCN(Cc1cc2ccc(C)cc2[nH]c1=O)C(=O)c1cccc(Cl)c1. The second-order valence-electron chi connectivity index (χ2n) is 6.44. The van der Waals surface area contributed by atoms with E-state index in [2.05, 4.69) is 4.98 Å². The third kappa shape index (κ3) is 4.56. The van der Waals surface area contributed by atoms with Crippen molar-refractivity contribution < 1.29 is 9.53 Å². The van der Waals surface area contributed by atoms with E-state index in [-0.39, 0.29) is 18.0 Å². The zero-order chi connectivity index (χ0) is 19.4. The summed E-state index contributed by atoms with van der Waals surface area (Å²) in [6.07, 6.45) is 0. The predicted octanol–water partition coefficient (Wildman–Crippen LogP) is 3.78. The molecule has 1 N–H and O–H groups in total. The van der Waals surface area contributed by atoms with Crippen molar-refractivity contribution >= 4 is 28.4 Å². The van der Waals surface area contributed by atoms with Crippen molar-refractivity contribution in [2.24, 2.45) is 0 Å². The van der Waals surface area contributed by atoms with Crippen molar-refractivity contribution in [3.8, 4) is 0 Å². The van der Waals surface area contributed by atoms with Crippen molar-refractivity contribution in [3.05, 3.63) is 80.6 Å². The van der Waals surface area contributed by atoms with Gasteiger partial charge >= 0.3 is 0 Å². The number of fused-ring (bicyclic) bond motifs is 1. The third-order valence-corrected chi connectivity index (χ3v) is 4.60. The van der Waals surface area contributed by atoms with Crippen molar-refractivity contribution in [2.45, 2.75) is 13.5 Å². The highest BCUT2D eigenvalue weighted by atomic mass is 35.5. The average molecular weight is 385 g/mol. The van der Waals surface area contributed by atoms with Crippen LogP contribution in [-0.4, -0.2) is 36.1 Å². The molecule has 0 fully saturated rings. The fourth-order valence-electron chi connectivity index (χ4n) is 2.94. The fourth-order valence-corrected chi connectivity index (χ4v) is 3.13. The van der Waals surface area contributed by atoms with Gasteiger partial charge in [-0.15, -0.1) is 0 Å². The number of nitrogens with one attached hydrogen (secondary N) is 1. The minimum absolute atomic E-state index is 0.188. The van der Waals surface area contributed by atoms with Gasteiger partial charge in [-0.25, -0.2) is 0 Å². The number of ether oxygens (including phenoxy) is 1. The van der Waals surface area contributed by atoms with E-state index in [9.17, 15) is 9.59 Å². The lowest BCUT2D eigenvalue weighted by molar-refractivity contribution is 0.0680. The molecule has 1 amide bonds. The molecule has 0 aliphatic heterocycles. The van der Waals surface area contributed by atoms with Gasteiger partial charge in [-0.05, 0) is 48.2 Å². The summed E-state index contributed by atoms with van der Waals surface area (Å²) in [6.45, 7) is 2.90. The van der Waals surface area contributed by atoms with E-state index >= 15 is 0 Å². The smallest absolute Gasteiger partial charge is 0.254 e. The number of nitrogens with zero attached hydrogens (tertiary/aromatic N) is 1. The number of aryl methyl sites for hydroxylation is 1. The molecule has 0 aliphatic carbocycles. The molecule has 0 unspecified atom stereocenters. The Morgan fingerprint density at radius 3 is 2.74 bits per heavy atom. The molecule has 2 aromatic carbocycles. The Hall–Kier alpha value is -2.63. The van der Waals surface area contributed by atoms with Gasteiger partial charge in [0.15, 0.2) is 0 Å². The molecular weight excluding hydrogens is 364 g/mol. The highest BCUT2D eigenvalue weighted by Gasteiger charge is 2.18. The number of methoxy groups -OCH3 is 1. The van der Waals surface area contributed by atoms with Gasteiger partial charge in [0, 0.05) is 35.3 Å². The fraction of sp³-hybridized carbons (Fsp3) is 0.238. The van der Waals surface area contributed by atoms with Gasteiger partial charge in [0.05, 0.1) is 13.2 Å². The molecule has 3 aromatic rings. The Balaban J connectivity index is 1.93. The maximum Gasteiger partial charge on any atom is 0.254 e.